The fraction of sp³-hybridized carbons (Fsp3) is 0.480. The summed E-state index contributed by atoms with van der Waals surface area (Å²) in [6.07, 6.45) is 3.03. The highest BCUT2D eigenvalue weighted by Gasteiger charge is 2.31. The molecule has 3 heterocycles. The molecule has 0 spiro atoms. The van der Waals surface area contributed by atoms with Crippen LogP contribution in [0.5, 0.6) is 17.2 Å². The Morgan fingerprint density at radius 2 is 1.66 bits per heavy atom. The standard InChI is InChI=1S/C25H31N3O6S/c1-32-22-8-6-20(16-21(22)25(29)27-9-3-2-4-10-27)35(30,31)28-13-11-26(12-14-28)17-19-5-7-23-24(15-19)34-18-33-23/h5-8,15-16H,2-4,9-14,17-18H2,1H3. The van der Waals surface area contributed by atoms with Gasteiger partial charge in [-0.1, -0.05) is 6.07 Å². The average Bonchev–Trinajstić information content (AvgIpc) is 3.37. The Balaban J connectivity index is 1.27. The van der Waals surface area contributed by atoms with Crippen LogP contribution >= 0.6 is 0 Å². The quantitative estimate of drug-likeness (QED) is 0.601. The van der Waals surface area contributed by atoms with Crippen molar-refractivity contribution in [2.45, 2.75) is 30.7 Å². The Hall–Kier alpha value is -2.82. The van der Waals surface area contributed by atoms with Crippen LogP contribution in [0.2, 0.25) is 0 Å². The predicted molar refractivity (Wildman–Crippen MR) is 129 cm³/mol. The second-order valence-electron chi connectivity index (χ2n) is 9.08. The van der Waals surface area contributed by atoms with E-state index in [9.17, 15) is 13.2 Å². The highest BCUT2D eigenvalue weighted by molar-refractivity contribution is 7.89. The van der Waals surface area contributed by atoms with Gasteiger partial charge in [-0.2, -0.15) is 4.31 Å². The maximum atomic E-state index is 13.4. The van der Waals surface area contributed by atoms with Gasteiger partial charge >= 0.3 is 0 Å². The van der Waals surface area contributed by atoms with Gasteiger partial charge in [0.15, 0.2) is 11.5 Å². The number of benzene rings is 2. The summed E-state index contributed by atoms with van der Waals surface area (Å²) in [7, 11) is -2.24. The zero-order chi connectivity index (χ0) is 24.4. The minimum absolute atomic E-state index is 0.128. The van der Waals surface area contributed by atoms with E-state index in [1.165, 1.54) is 23.5 Å². The van der Waals surface area contributed by atoms with Crippen LogP contribution in [0.4, 0.5) is 0 Å². The smallest absolute Gasteiger partial charge is 0.257 e. The molecule has 1 amide bonds. The summed E-state index contributed by atoms with van der Waals surface area (Å²) in [6.45, 7) is 4.32. The van der Waals surface area contributed by atoms with Crippen LogP contribution in [-0.2, 0) is 16.6 Å². The molecule has 0 aliphatic carbocycles. The van der Waals surface area contributed by atoms with E-state index in [2.05, 4.69) is 4.90 Å². The number of likely N-dealkylation sites (tertiary alicyclic amines) is 1. The van der Waals surface area contributed by atoms with E-state index in [1.54, 1.807) is 11.0 Å². The largest absolute Gasteiger partial charge is 0.496 e. The number of methoxy groups -OCH3 is 1. The Morgan fingerprint density at radius 3 is 2.40 bits per heavy atom. The van der Waals surface area contributed by atoms with Crippen molar-refractivity contribution in [2.75, 3.05) is 53.2 Å². The molecule has 2 fully saturated rings. The van der Waals surface area contributed by atoms with Crippen molar-refractivity contribution in [3.63, 3.8) is 0 Å². The number of carbonyl (C=O) groups is 1. The van der Waals surface area contributed by atoms with Gasteiger partial charge in [0.25, 0.3) is 5.91 Å². The second-order valence-corrected chi connectivity index (χ2v) is 11.0. The van der Waals surface area contributed by atoms with Crippen LogP contribution in [-0.4, -0.2) is 81.6 Å². The van der Waals surface area contributed by atoms with Gasteiger partial charge in [0.05, 0.1) is 17.6 Å². The molecule has 10 heteroatoms. The molecule has 3 aliphatic heterocycles. The van der Waals surface area contributed by atoms with Gasteiger partial charge in [0.1, 0.15) is 5.75 Å². The number of hydrogen-bond acceptors (Lipinski definition) is 7. The normalized spacial score (nSPS) is 19.1. The van der Waals surface area contributed by atoms with Gasteiger partial charge in [-0.15, -0.1) is 0 Å². The van der Waals surface area contributed by atoms with Crippen LogP contribution in [0.25, 0.3) is 0 Å². The number of piperidine rings is 1. The summed E-state index contributed by atoms with van der Waals surface area (Å²) in [5.41, 5.74) is 1.40. The Labute approximate surface area is 206 Å². The van der Waals surface area contributed by atoms with E-state index < -0.39 is 10.0 Å². The summed E-state index contributed by atoms with van der Waals surface area (Å²) in [5, 5.41) is 0. The highest BCUT2D eigenvalue weighted by atomic mass is 32.2. The summed E-state index contributed by atoms with van der Waals surface area (Å²) >= 11 is 0. The fourth-order valence-electron chi connectivity index (χ4n) is 4.86. The maximum absolute atomic E-state index is 13.4. The van der Waals surface area contributed by atoms with Gasteiger partial charge in [-0.05, 0) is 55.2 Å². The van der Waals surface area contributed by atoms with E-state index in [4.69, 9.17) is 14.2 Å². The Kier molecular flexibility index (Phi) is 6.86. The van der Waals surface area contributed by atoms with Gasteiger partial charge in [-0.25, -0.2) is 8.42 Å². The topological polar surface area (TPSA) is 88.6 Å². The lowest BCUT2D eigenvalue weighted by atomic mass is 10.1. The van der Waals surface area contributed by atoms with Gasteiger partial charge in [-0.3, -0.25) is 9.69 Å². The molecule has 0 unspecified atom stereocenters. The van der Waals surface area contributed by atoms with Crippen molar-refractivity contribution in [1.29, 1.82) is 0 Å². The second kappa shape index (κ2) is 10.0. The average molecular weight is 502 g/mol. The zero-order valence-corrected chi connectivity index (χ0v) is 20.8. The van der Waals surface area contributed by atoms with Crippen LogP contribution in [0.3, 0.4) is 0 Å². The third-order valence-corrected chi connectivity index (χ3v) is 8.75. The highest BCUT2D eigenvalue weighted by Crippen LogP contribution is 2.33. The van der Waals surface area contributed by atoms with Crippen molar-refractivity contribution in [3.8, 4) is 17.2 Å². The summed E-state index contributed by atoms with van der Waals surface area (Å²) in [4.78, 5) is 17.3. The van der Waals surface area contributed by atoms with Crippen LogP contribution in [0, 0.1) is 0 Å². The fourth-order valence-corrected chi connectivity index (χ4v) is 6.31. The molecule has 0 bridgehead atoms. The summed E-state index contributed by atoms with van der Waals surface area (Å²) in [6, 6.07) is 10.5. The third-order valence-electron chi connectivity index (χ3n) is 6.86. The first-order chi connectivity index (χ1) is 17.0. The molecule has 2 saturated heterocycles. The van der Waals surface area contributed by atoms with E-state index >= 15 is 0 Å². The molecule has 3 aliphatic rings. The molecule has 0 aromatic heterocycles. The molecular formula is C25H31N3O6S. The predicted octanol–water partition coefficient (Wildman–Crippen LogP) is 2.56. The number of ether oxygens (including phenoxy) is 3. The number of hydrogen-bond donors (Lipinski definition) is 0. The van der Waals surface area contributed by atoms with E-state index in [1.807, 2.05) is 18.2 Å². The number of carbonyl (C=O) groups excluding carboxylic acids is 1. The van der Waals surface area contributed by atoms with Crippen LogP contribution < -0.4 is 14.2 Å². The Morgan fingerprint density at radius 1 is 0.914 bits per heavy atom. The molecule has 0 atom stereocenters. The molecule has 2 aromatic rings. The van der Waals surface area contributed by atoms with Crippen molar-refractivity contribution in [2.24, 2.45) is 0 Å². The monoisotopic (exact) mass is 501 g/mol. The molecule has 0 radical (unpaired) electrons. The number of sulfonamides is 1. The van der Waals surface area contributed by atoms with Crippen LogP contribution in [0.15, 0.2) is 41.3 Å². The third kappa shape index (κ3) is 4.96. The minimum Gasteiger partial charge on any atom is -0.496 e. The van der Waals surface area contributed by atoms with Crippen molar-refractivity contribution in [1.82, 2.24) is 14.1 Å². The summed E-state index contributed by atoms with van der Waals surface area (Å²) < 4.78 is 44.6. The molecular weight excluding hydrogens is 470 g/mol. The molecule has 2 aromatic carbocycles. The lowest BCUT2D eigenvalue weighted by molar-refractivity contribution is 0.0720. The number of fused-ring (bicyclic) bond motifs is 1. The number of nitrogens with zero attached hydrogens (tertiary/aromatic N) is 3. The Bertz CT molecular complexity index is 1190. The molecule has 188 valence electrons. The minimum atomic E-state index is -3.73. The summed E-state index contributed by atoms with van der Waals surface area (Å²) in [5.74, 6) is 1.72. The molecule has 9 nitrogen and oxygen atoms in total. The number of piperazine rings is 1. The van der Waals surface area contributed by atoms with E-state index in [0.29, 0.717) is 57.1 Å². The first-order valence-electron chi connectivity index (χ1n) is 12.0. The zero-order valence-electron chi connectivity index (χ0n) is 19.9. The van der Waals surface area contributed by atoms with Gasteiger partial charge in [0, 0.05) is 45.8 Å². The van der Waals surface area contributed by atoms with Crippen molar-refractivity contribution >= 4 is 15.9 Å². The van der Waals surface area contributed by atoms with Crippen molar-refractivity contribution in [3.05, 3.63) is 47.5 Å². The molecule has 0 saturated carbocycles. The molecule has 0 N–H and O–H groups in total. The van der Waals surface area contributed by atoms with E-state index in [0.717, 1.165) is 36.3 Å². The number of amides is 1. The lowest BCUT2D eigenvalue weighted by Crippen LogP contribution is -2.48. The molecule has 35 heavy (non-hydrogen) atoms. The first kappa shape index (κ1) is 23.9. The molecule has 5 rings (SSSR count). The lowest BCUT2D eigenvalue weighted by Gasteiger charge is -2.34. The van der Waals surface area contributed by atoms with Gasteiger partial charge < -0.3 is 19.1 Å². The van der Waals surface area contributed by atoms with Crippen LogP contribution in [0.1, 0.15) is 35.2 Å². The van der Waals surface area contributed by atoms with Gasteiger partial charge in [0.2, 0.25) is 16.8 Å². The maximum Gasteiger partial charge on any atom is 0.257 e. The number of rotatable bonds is 6. The van der Waals surface area contributed by atoms with Crippen molar-refractivity contribution < 1.29 is 27.4 Å². The first-order valence-corrected chi connectivity index (χ1v) is 13.5. The SMILES string of the molecule is COc1ccc(S(=O)(=O)N2CCN(Cc3ccc4c(c3)OCO4)CC2)cc1C(=O)N1CCCCC1. The van der Waals surface area contributed by atoms with E-state index in [-0.39, 0.29) is 17.6 Å².